The fourth-order valence-corrected chi connectivity index (χ4v) is 1.22. The highest BCUT2D eigenvalue weighted by Gasteiger charge is 2.07. The Labute approximate surface area is 89.4 Å². The molecule has 1 amide bonds. The average Bonchev–Trinajstić information content (AvgIpc) is 2.25. The van der Waals surface area contributed by atoms with Crippen LogP contribution in [0.15, 0.2) is 18.2 Å². The molecule has 0 spiro atoms. The van der Waals surface area contributed by atoms with E-state index in [9.17, 15) is 4.79 Å². The first-order valence-electron chi connectivity index (χ1n) is 4.90. The Morgan fingerprint density at radius 2 is 2.27 bits per heavy atom. The van der Waals surface area contributed by atoms with E-state index in [2.05, 4.69) is 5.32 Å². The maximum atomic E-state index is 11.5. The van der Waals surface area contributed by atoms with Crippen molar-refractivity contribution in [3.05, 3.63) is 23.8 Å². The van der Waals surface area contributed by atoms with Crippen LogP contribution in [0.2, 0.25) is 0 Å². The van der Waals surface area contributed by atoms with E-state index >= 15 is 0 Å². The Morgan fingerprint density at radius 3 is 2.80 bits per heavy atom. The summed E-state index contributed by atoms with van der Waals surface area (Å²) in [5, 5.41) is 2.78. The molecule has 0 unspecified atom stereocenters. The molecule has 0 bridgehead atoms. The van der Waals surface area contributed by atoms with Gasteiger partial charge < -0.3 is 15.8 Å². The van der Waals surface area contributed by atoms with Gasteiger partial charge in [0.1, 0.15) is 5.75 Å². The van der Waals surface area contributed by atoms with Crippen LogP contribution in [0.3, 0.4) is 0 Å². The number of nitrogens with one attached hydrogen (secondary N) is 1. The number of amides is 1. The second-order valence-electron chi connectivity index (χ2n) is 3.21. The van der Waals surface area contributed by atoms with Gasteiger partial charge in [0.25, 0.3) is 5.91 Å². The number of benzene rings is 1. The normalized spacial score (nSPS) is 9.73. The van der Waals surface area contributed by atoms with Gasteiger partial charge in [-0.25, -0.2) is 0 Å². The van der Waals surface area contributed by atoms with Gasteiger partial charge in [0.2, 0.25) is 0 Å². The minimum atomic E-state index is -0.105. The molecule has 0 heterocycles. The van der Waals surface area contributed by atoms with E-state index in [0.29, 0.717) is 23.5 Å². The summed E-state index contributed by atoms with van der Waals surface area (Å²) in [5.41, 5.74) is 6.72. The molecule has 0 saturated carbocycles. The van der Waals surface area contributed by atoms with Gasteiger partial charge in [-0.05, 0) is 24.6 Å². The molecule has 0 radical (unpaired) electrons. The molecule has 1 rings (SSSR count). The molecular formula is C11H16N2O2. The molecule has 0 aliphatic heterocycles. The zero-order valence-electron chi connectivity index (χ0n) is 9.04. The lowest BCUT2D eigenvalue weighted by molar-refractivity contribution is 0.0953. The van der Waals surface area contributed by atoms with Crippen molar-refractivity contribution in [2.75, 3.05) is 19.4 Å². The Hall–Kier alpha value is -1.71. The summed E-state index contributed by atoms with van der Waals surface area (Å²) in [5.74, 6) is 0.480. The third-order valence-corrected chi connectivity index (χ3v) is 2.03. The topological polar surface area (TPSA) is 64.3 Å². The van der Waals surface area contributed by atoms with Crippen molar-refractivity contribution in [2.45, 2.75) is 13.3 Å². The molecular weight excluding hydrogens is 192 g/mol. The third kappa shape index (κ3) is 2.87. The smallest absolute Gasteiger partial charge is 0.251 e. The first-order valence-corrected chi connectivity index (χ1v) is 4.90. The van der Waals surface area contributed by atoms with Gasteiger partial charge >= 0.3 is 0 Å². The summed E-state index contributed by atoms with van der Waals surface area (Å²) in [6.07, 6.45) is 0.914. The zero-order chi connectivity index (χ0) is 11.3. The highest BCUT2D eigenvalue weighted by Crippen LogP contribution is 2.21. The van der Waals surface area contributed by atoms with Crippen molar-refractivity contribution in [1.29, 1.82) is 0 Å². The number of hydrogen-bond acceptors (Lipinski definition) is 3. The van der Waals surface area contributed by atoms with Crippen LogP contribution in [0, 0.1) is 0 Å². The van der Waals surface area contributed by atoms with Crippen LogP contribution in [-0.2, 0) is 0 Å². The number of nitrogen functional groups attached to an aromatic ring is 1. The van der Waals surface area contributed by atoms with E-state index in [1.807, 2.05) is 6.92 Å². The molecule has 0 fully saturated rings. The van der Waals surface area contributed by atoms with Crippen molar-refractivity contribution < 1.29 is 9.53 Å². The molecule has 0 saturated heterocycles. The van der Waals surface area contributed by atoms with Crippen molar-refractivity contribution in [2.24, 2.45) is 0 Å². The molecule has 0 aliphatic rings. The Kier molecular flexibility index (Phi) is 3.97. The fraction of sp³-hybridized carbons (Fsp3) is 0.364. The molecule has 0 aliphatic carbocycles. The minimum absolute atomic E-state index is 0.105. The summed E-state index contributed by atoms with van der Waals surface area (Å²) < 4.78 is 5.00. The second-order valence-corrected chi connectivity index (χ2v) is 3.21. The van der Waals surface area contributed by atoms with Gasteiger partial charge in [0.05, 0.1) is 12.8 Å². The summed E-state index contributed by atoms with van der Waals surface area (Å²) in [6, 6.07) is 5.00. The van der Waals surface area contributed by atoms with Crippen molar-refractivity contribution in [3.8, 4) is 5.75 Å². The van der Waals surface area contributed by atoms with Gasteiger partial charge in [0.15, 0.2) is 0 Å². The summed E-state index contributed by atoms with van der Waals surface area (Å²) in [7, 11) is 1.54. The Bertz CT molecular complexity index is 350. The number of carbonyl (C=O) groups excluding carboxylic acids is 1. The van der Waals surface area contributed by atoms with Crippen LogP contribution in [0.4, 0.5) is 5.69 Å². The van der Waals surface area contributed by atoms with Crippen LogP contribution in [0.1, 0.15) is 23.7 Å². The molecule has 15 heavy (non-hydrogen) atoms. The van der Waals surface area contributed by atoms with Crippen molar-refractivity contribution >= 4 is 11.6 Å². The van der Waals surface area contributed by atoms with Crippen LogP contribution < -0.4 is 15.8 Å². The fourth-order valence-electron chi connectivity index (χ4n) is 1.22. The molecule has 4 heteroatoms. The number of anilines is 1. The monoisotopic (exact) mass is 208 g/mol. The van der Waals surface area contributed by atoms with Crippen LogP contribution in [0.25, 0.3) is 0 Å². The molecule has 82 valence electrons. The van der Waals surface area contributed by atoms with Crippen LogP contribution in [-0.4, -0.2) is 19.6 Å². The van der Waals surface area contributed by atoms with Gasteiger partial charge in [-0.1, -0.05) is 6.92 Å². The van der Waals surface area contributed by atoms with E-state index in [0.717, 1.165) is 6.42 Å². The van der Waals surface area contributed by atoms with Crippen LogP contribution >= 0.6 is 0 Å². The average molecular weight is 208 g/mol. The minimum Gasteiger partial charge on any atom is -0.495 e. The highest BCUT2D eigenvalue weighted by atomic mass is 16.5. The van der Waals surface area contributed by atoms with E-state index in [1.165, 1.54) is 0 Å². The van der Waals surface area contributed by atoms with E-state index < -0.39 is 0 Å². The molecule has 3 N–H and O–H groups in total. The summed E-state index contributed by atoms with van der Waals surface area (Å²) in [6.45, 7) is 2.67. The lowest BCUT2D eigenvalue weighted by Crippen LogP contribution is -2.24. The van der Waals surface area contributed by atoms with E-state index in [4.69, 9.17) is 10.5 Å². The number of hydrogen-bond donors (Lipinski definition) is 2. The SMILES string of the molecule is CCCNC(=O)c1ccc(OC)c(N)c1. The number of carbonyl (C=O) groups is 1. The van der Waals surface area contributed by atoms with Crippen molar-refractivity contribution in [3.63, 3.8) is 0 Å². The molecule has 0 atom stereocenters. The van der Waals surface area contributed by atoms with Gasteiger partial charge in [-0.15, -0.1) is 0 Å². The predicted molar refractivity (Wildman–Crippen MR) is 60.0 cm³/mol. The number of methoxy groups -OCH3 is 1. The molecule has 4 nitrogen and oxygen atoms in total. The van der Waals surface area contributed by atoms with E-state index in [-0.39, 0.29) is 5.91 Å². The molecule has 1 aromatic carbocycles. The number of nitrogens with two attached hydrogens (primary N) is 1. The standard InChI is InChI=1S/C11H16N2O2/c1-3-6-13-11(14)8-4-5-10(15-2)9(12)7-8/h4-5,7H,3,6,12H2,1-2H3,(H,13,14). The Morgan fingerprint density at radius 1 is 1.53 bits per heavy atom. The maximum Gasteiger partial charge on any atom is 0.251 e. The largest absolute Gasteiger partial charge is 0.495 e. The zero-order valence-corrected chi connectivity index (χ0v) is 9.04. The molecule has 0 aromatic heterocycles. The first kappa shape index (κ1) is 11.4. The lowest BCUT2D eigenvalue weighted by Gasteiger charge is -2.07. The predicted octanol–water partition coefficient (Wildman–Crippen LogP) is 1.42. The van der Waals surface area contributed by atoms with Gasteiger partial charge in [-0.2, -0.15) is 0 Å². The number of rotatable bonds is 4. The summed E-state index contributed by atoms with van der Waals surface area (Å²) in [4.78, 5) is 11.5. The lowest BCUT2D eigenvalue weighted by atomic mass is 10.1. The second kappa shape index (κ2) is 5.24. The quantitative estimate of drug-likeness (QED) is 0.735. The first-order chi connectivity index (χ1) is 7.19. The molecule has 1 aromatic rings. The summed E-state index contributed by atoms with van der Waals surface area (Å²) >= 11 is 0. The number of ether oxygens (including phenoxy) is 1. The van der Waals surface area contributed by atoms with Crippen molar-refractivity contribution in [1.82, 2.24) is 5.32 Å². The van der Waals surface area contributed by atoms with E-state index in [1.54, 1.807) is 25.3 Å². The maximum absolute atomic E-state index is 11.5. The highest BCUT2D eigenvalue weighted by molar-refractivity contribution is 5.95. The van der Waals surface area contributed by atoms with Gasteiger partial charge in [0, 0.05) is 12.1 Å². The Balaban J connectivity index is 2.78. The van der Waals surface area contributed by atoms with Gasteiger partial charge in [-0.3, -0.25) is 4.79 Å². The van der Waals surface area contributed by atoms with Crippen LogP contribution in [0.5, 0.6) is 5.75 Å². The third-order valence-electron chi connectivity index (χ3n) is 2.03.